The van der Waals surface area contributed by atoms with Crippen LogP contribution in [0.15, 0.2) is 24.3 Å². The average Bonchev–Trinajstić information content (AvgIpc) is 3.36. The molecule has 0 radical (unpaired) electrons. The summed E-state index contributed by atoms with van der Waals surface area (Å²) in [6.45, 7) is 0.893. The van der Waals surface area contributed by atoms with Crippen LogP contribution in [0.2, 0.25) is 0 Å². The average molecular weight is 472 g/mol. The minimum Gasteiger partial charge on any atom is -0.493 e. The number of carbonyl (C=O) groups is 2. The van der Waals surface area contributed by atoms with E-state index in [4.69, 9.17) is 33.2 Å². The fourth-order valence-electron chi connectivity index (χ4n) is 5.22. The van der Waals surface area contributed by atoms with Gasteiger partial charge in [-0.05, 0) is 41.0 Å². The largest absolute Gasteiger partial charge is 0.493 e. The molecule has 0 spiro atoms. The molecular weight excluding hydrogens is 448 g/mol. The molecule has 5 rings (SSSR count). The number of hydrogen-bond donors (Lipinski definition) is 1. The summed E-state index contributed by atoms with van der Waals surface area (Å²) in [6.07, 6.45) is -0.00107. The molecule has 0 saturated carbocycles. The van der Waals surface area contributed by atoms with Crippen LogP contribution in [0, 0.1) is 0 Å². The van der Waals surface area contributed by atoms with Crippen LogP contribution >= 0.6 is 0 Å². The van der Waals surface area contributed by atoms with E-state index < -0.39 is 29.1 Å². The van der Waals surface area contributed by atoms with Gasteiger partial charge in [-0.3, -0.25) is 4.79 Å². The highest BCUT2D eigenvalue weighted by Gasteiger charge is 2.72. The van der Waals surface area contributed by atoms with Gasteiger partial charge in [0.25, 0.3) is 5.60 Å². The Morgan fingerprint density at radius 1 is 1.00 bits per heavy atom. The van der Waals surface area contributed by atoms with Gasteiger partial charge in [-0.25, -0.2) is 4.79 Å². The number of ether oxygens (including phenoxy) is 7. The van der Waals surface area contributed by atoms with E-state index in [1.54, 1.807) is 24.3 Å². The highest BCUT2D eigenvalue weighted by molar-refractivity contribution is 5.90. The Morgan fingerprint density at radius 2 is 1.65 bits per heavy atom. The molecule has 1 aliphatic carbocycles. The predicted molar refractivity (Wildman–Crippen MR) is 115 cm³/mol. The zero-order valence-electron chi connectivity index (χ0n) is 19.1. The summed E-state index contributed by atoms with van der Waals surface area (Å²) in [5.41, 5.74) is -2.09. The molecule has 1 fully saturated rings. The van der Waals surface area contributed by atoms with E-state index >= 15 is 0 Å². The Balaban J connectivity index is 1.84. The van der Waals surface area contributed by atoms with Gasteiger partial charge in [0.2, 0.25) is 12.5 Å². The maximum absolute atomic E-state index is 13.3. The fraction of sp³-hybridized carbons (Fsp3) is 0.417. The number of esters is 2. The molecule has 0 aromatic heterocycles. The first-order valence-corrected chi connectivity index (χ1v) is 10.6. The number of aliphatic hydroxyl groups is 1. The van der Waals surface area contributed by atoms with Crippen molar-refractivity contribution in [3.8, 4) is 28.7 Å². The highest BCUT2D eigenvalue weighted by Crippen LogP contribution is 2.57. The smallest absolute Gasteiger partial charge is 0.355 e. The number of hydrogen-bond acceptors (Lipinski definition) is 10. The van der Waals surface area contributed by atoms with Crippen LogP contribution in [0.5, 0.6) is 28.7 Å². The van der Waals surface area contributed by atoms with Crippen molar-refractivity contribution in [2.75, 3.05) is 34.7 Å². The molecule has 3 atom stereocenters. The lowest BCUT2D eigenvalue weighted by atomic mass is 9.62. The van der Waals surface area contributed by atoms with Crippen LogP contribution in [-0.2, 0) is 25.5 Å². The second-order valence-electron chi connectivity index (χ2n) is 8.41. The topological polar surface area (TPSA) is 119 Å². The van der Waals surface area contributed by atoms with Gasteiger partial charge in [-0.15, -0.1) is 0 Å². The van der Waals surface area contributed by atoms with Crippen molar-refractivity contribution in [2.45, 2.75) is 30.5 Å². The molecule has 1 saturated heterocycles. The fourth-order valence-corrected chi connectivity index (χ4v) is 5.22. The number of fused-ring (bicyclic) bond motifs is 3. The molecule has 180 valence electrons. The first kappa shape index (κ1) is 22.1. The molecule has 2 aliphatic heterocycles. The molecule has 3 aliphatic rings. The molecular formula is C24H24O10. The van der Waals surface area contributed by atoms with Gasteiger partial charge >= 0.3 is 11.9 Å². The van der Waals surface area contributed by atoms with Gasteiger partial charge in [0.05, 0.1) is 27.2 Å². The molecule has 3 unspecified atom stereocenters. The van der Waals surface area contributed by atoms with Crippen LogP contribution in [-0.4, -0.2) is 63.0 Å². The number of methoxy groups -OCH3 is 3. The standard InChI is InChI=1S/C24H24O10/c1-12(25)34-24-20(13-5-18(28-2)21(30-4)19(6-13)29-3)15-8-17-16(32-11-33-17)7-14(15)9-23(24,27)10-31-22(24)26/h5-8,20,27H,9-11H2,1-4H3. The van der Waals surface area contributed by atoms with Crippen LogP contribution in [0.4, 0.5) is 0 Å². The molecule has 0 bridgehead atoms. The van der Waals surface area contributed by atoms with Crippen molar-refractivity contribution in [3.05, 3.63) is 41.0 Å². The van der Waals surface area contributed by atoms with E-state index in [9.17, 15) is 14.7 Å². The third-order valence-corrected chi connectivity index (χ3v) is 6.60. The molecule has 1 N–H and O–H groups in total. The normalized spacial score (nSPS) is 26.3. The molecule has 0 amide bonds. The minimum absolute atomic E-state index is 0.00107. The molecule has 2 heterocycles. The Hall–Kier alpha value is -3.66. The summed E-state index contributed by atoms with van der Waals surface area (Å²) < 4.78 is 38.6. The summed E-state index contributed by atoms with van der Waals surface area (Å²) in [5.74, 6) is -0.548. The minimum atomic E-state index is -2.05. The zero-order valence-corrected chi connectivity index (χ0v) is 19.1. The lowest BCUT2D eigenvalue weighted by molar-refractivity contribution is -0.194. The van der Waals surface area contributed by atoms with E-state index in [1.807, 2.05) is 0 Å². The van der Waals surface area contributed by atoms with Gasteiger partial charge in [-0.1, -0.05) is 0 Å². The van der Waals surface area contributed by atoms with Crippen LogP contribution in [0.25, 0.3) is 0 Å². The Morgan fingerprint density at radius 3 is 2.24 bits per heavy atom. The summed E-state index contributed by atoms with van der Waals surface area (Å²) in [7, 11) is 4.41. The molecule has 34 heavy (non-hydrogen) atoms. The number of benzene rings is 2. The van der Waals surface area contributed by atoms with E-state index in [0.29, 0.717) is 45.4 Å². The van der Waals surface area contributed by atoms with Gasteiger partial charge in [0, 0.05) is 13.3 Å². The second kappa shape index (κ2) is 7.69. The monoisotopic (exact) mass is 472 g/mol. The van der Waals surface area contributed by atoms with Crippen LogP contribution < -0.4 is 23.7 Å². The van der Waals surface area contributed by atoms with Gasteiger partial charge in [0.1, 0.15) is 6.61 Å². The lowest BCUT2D eigenvalue weighted by Gasteiger charge is -2.47. The Bertz CT molecular complexity index is 1170. The van der Waals surface area contributed by atoms with Crippen LogP contribution in [0.1, 0.15) is 29.5 Å². The van der Waals surface area contributed by atoms with Crippen molar-refractivity contribution in [2.24, 2.45) is 0 Å². The van der Waals surface area contributed by atoms with Crippen molar-refractivity contribution >= 4 is 11.9 Å². The summed E-state index contributed by atoms with van der Waals surface area (Å²) in [4.78, 5) is 25.6. The molecule has 10 heteroatoms. The first-order valence-electron chi connectivity index (χ1n) is 10.6. The summed E-state index contributed by atoms with van der Waals surface area (Å²) >= 11 is 0. The third-order valence-electron chi connectivity index (χ3n) is 6.60. The van der Waals surface area contributed by atoms with Crippen LogP contribution in [0.3, 0.4) is 0 Å². The Labute approximate surface area is 195 Å². The van der Waals surface area contributed by atoms with Gasteiger partial charge < -0.3 is 38.3 Å². The number of rotatable bonds is 5. The number of cyclic esters (lactones) is 1. The van der Waals surface area contributed by atoms with Crippen molar-refractivity contribution in [3.63, 3.8) is 0 Å². The lowest BCUT2D eigenvalue weighted by Crippen LogP contribution is -2.64. The maximum atomic E-state index is 13.3. The zero-order chi connectivity index (χ0) is 24.3. The third kappa shape index (κ3) is 2.91. The maximum Gasteiger partial charge on any atom is 0.355 e. The van der Waals surface area contributed by atoms with E-state index in [2.05, 4.69) is 0 Å². The van der Waals surface area contributed by atoms with Gasteiger partial charge in [0.15, 0.2) is 28.6 Å². The molecule has 2 aromatic carbocycles. The van der Waals surface area contributed by atoms with Crippen molar-refractivity contribution < 1.29 is 47.9 Å². The first-order chi connectivity index (χ1) is 16.3. The van der Waals surface area contributed by atoms with Gasteiger partial charge in [-0.2, -0.15) is 0 Å². The molecule has 2 aromatic rings. The quantitative estimate of drug-likeness (QED) is 0.644. The van der Waals surface area contributed by atoms with Crippen molar-refractivity contribution in [1.82, 2.24) is 0 Å². The predicted octanol–water partition coefficient (Wildman–Crippen LogP) is 1.72. The SMILES string of the molecule is COc1cc(C2c3cc4c(cc3CC3(O)COC(=O)C23OC(C)=O)OCO4)cc(OC)c1OC. The second-order valence-corrected chi connectivity index (χ2v) is 8.41. The summed E-state index contributed by atoms with van der Waals surface area (Å²) in [6, 6.07) is 6.81. The van der Waals surface area contributed by atoms with Crippen molar-refractivity contribution in [1.29, 1.82) is 0 Å². The summed E-state index contributed by atoms with van der Waals surface area (Å²) in [5, 5.41) is 11.8. The van der Waals surface area contributed by atoms with E-state index in [-0.39, 0.29) is 19.8 Å². The Kier molecular flexibility index (Phi) is 5.01. The number of carbonyl (C=O) groups excluding carboxylic acids is 2. The van der Waals surface area contributed by atoms with E-state index in [1.165, 1.54) is 28.3 Å². The van der Waals surface area contributed by atoms with E-state index in [0.717, 1.165) is 0 Å². The molecule has 10 nitrogen and oxygen atoms in total. The highest BCUT2D eigenvalue weighted by atomic mass is 16.7.